The van der Waals surface area contributed by atoms with Gasteiger partial charge in [-0.3, -0.25) is 0 Å². The average molecular weight is 259 g/mol. The Hall–Kier alpha value is -1.11. The summed E-state index contributed by atoms with van der Waals surface area (Å²) in [5.74, 6) is 0.459. The van der Waals surface area contributed by atoms with Gasteiger partial charge < -0.3 is 20.9 Å². The van der Waals surface area contributed by atoms with Crippen LogP contribution in [-0.4, -0.2) is 40.4 Å². The molecule has 0 aromatic carbocycles. The molecule has 0 amide bonds. The van der Waals surface area contributed by atoms with E-state index in [0.29, 0.717) is 37.6 Å². The van der Waals surface area contributed by atoms with Crippen LogP contribution >= 0.6 is 11.6 Å². The van der Waals surface area contributed by atoms with Crippen LogP contribution in [0.15, 0.2) is 6.33 Å². The molecule has 0 aliphatic carbocycles. The highest BCUT2D eigenvalue weighted by Gasteiger charge is 2.32. The third-order valence-electron chi connectivity index (χ3n) is 2.97. The topological polar surface area (TPSA) is 93.3 Å². The van der Waals surface area contributed by atoms with Crippen molar-refractivity contribution in [3.05, 3.63) is 11.5 Å². The van der Waals surface area contributed by atoms with E-state index in [4.69, 9.17) is 22.1 Å². The summed E-state index contributed by atoms with van der Waals surface area (Å²) in [4.78, 5) is 7.83. The summed E-state index contributed by atoms with van der Waals surface area (Å²) in [6.45, 7) is 1.20. The van der Waals surface area contributed by atoms with E-state index in [2.05, 4.69) is 15.3 Å². The van der Waals surface area contributed by atoms with Crippen molar-refractivity contribution < 1.29 is 9.84 Å². The van der Waals surface area contributed by atoms with Gasteiger partial charge in [0.25, 0.3) is 0 Å². The Bertz CT molecular complexity index is 396. The normalized spacial score (nSPS) is 18.9. The standard InChI is InChI=1S/C10H15ClN4O2/c11-8-7(12)9(14-6-13-8)15-10(5-16)1-3-17-4-2-10/h6,16H,1-5,12H2,(H,13,14,15). The van der Waals surface area contributed by atoms with Crippen molar-refractivity contribution in [2.75, 3.05) is 30.9 Å². The fourth-order valence-electron chi connectivity index (χ4n) is 1.81. The Morgan fingerprint density at radius 3 is 2.82 bits per heavy atom. The second-order valence-electron chi connectivity index (χ2n) is 4.10. The summed E-state index contributed by atoms with van der Waals surface area (Å²) in [6, 6.07) is 0. The zero-order chi connectivity index (χ0) is 12.3. The van der Waals surface area contributed by atoms with Crippen LogP contribution in [0.1, 0.15) is 12.8 Å². The van der Waals surface area contributed by atoms with Crippen LogP contribution in [0.3, 0.4) is 0 Å². The van der Waals surface area contributed by atoms with Gasteiger partial charge >= 0.3 is 0 Å². The number of rotatable bonds is 3. The van der Waals surface area contributed by atoms with Gasteiger partial charge in [0, 0.05) is 13.2 Å². The van der Waals surface area contributed by atoms with E-state index >= 15 is 0 Å². The van der Waals surface area contributed by atoms with Crippen LogP contribution < -0.4 is 11.1 Å². The van der Waals surface area contributed by atoms with Gasteiger partial charge in [0.1, 0.15) is 12.0 Å². The van der Waals surface area contributed by atoms with Crippen molar-refractivity contribution in [2.45, 2.75) is 18.4 Å². The molecule has 0 unspecified atom stereocenters. The van der Waals surface area contributed by atoms with E-state index in [0.717, 1.165) is 0 Å². The number of aromatic nitrogens is 2. The summed E-state index contributed by atoms with van der Waals surface area (Å²) in [5.41, 5.74) is 5.64. The summed E-state index contributed by atoms with van der Waals surface area (Å²) in [7, 11) is 0. The van der Waals surface area contributed by atoms with Crippen LogP contribution in [0, 0.1) is 0 Å². The van der Waals surface area contributed by atoms with Gasteiger partial charge in [0.05, 0.1) is 12.1 Å². The number of hydrogen-bond acceptors (Lipinski definition) is 6. The Kier molecular flexibility index (Phi) is 3.66. The van der Waals surface area contributed by atoms with Gasteiger partial charge in [-0.05, 0) is 12.8 Å². The minimum atomic E-state index is -0.440. The molecule has 17 heavy (non-hydrogen) atoms. The molecule has 0 spiro atoms. The quantitative estimate of drug-likeness (QED) is 0.690. The number of aliphatic hydroxyl groups excluding tert-OH is 1. The first-order valence-electron chi connectivity index (χ1n) is 5.40. The number of halogens is 1. The van der Waals surface area contributed by atoms with Crippen molar-refractivity contribution >= 4 is 23.1 Å². The molecule has 1 aliphatic rings. The molecule has 1 aromatic rings. The number of aliphatic hydroxyl groups is 1. The molecule has 2 heterocycles. The molecule has 6 nitrogen and oxygen atoms in total. The van der Waals surface area contributed by atoms with Crippen LogP contribution in [0.4, 0.5) is 11.5 Å². The molecule has 1 fully saturated rings. The monoisotopic (exact) mass is 258 g/mol. The molecule has 0 atom stereocenters. The second kappa shape index (κ2) is 5.03. The van der Waals surface area contributed by atoms with Crippen LogP contribution in [0.5, 0.6) is 0 Å². The molecule has 2 rings (SSSR count). The fourth-order valence-corrected chi connectivity index (χ4v) is 1.94. The van der Waals surface area contributed by atoms with Gasteiger partial charge in [-0.15, -0.1) is 0 Å². The molecule has 94 valence electrons. The van der Waals surface area contributed by atoms with Crippen molar-refractivity contribution in [3.8, 4) is 0 Å². The zero-order valence-electron chi connectivity index (χ0n) is 9.32. The fraction of sp³-hybridized carbons (Fsp3) is 0.600. The maximum atomic E-state index is 9.53. The molecule has 0 saturated carbocycles. The third kappa shape index (κ3) is 2.59. The Morgan fingerprint density at radius 1 is 1.47 bits per heavy atom. The molecular weight excluding hydrogens is 244 g/mol. The number of nitrogen functional groups attached to an aromatic ring is 1. The van der Waals surface area contributed by atoms with Crippen molar-refractivity contribution in [3.63, 3.8) is 0 Å². The van der Waals surface area contributed by atoms with E-state index in [-0.39, 0.29) is 11.8 Å². The molecule has 7 heteroatoms. The first-order valence-corrected chi connectivity index (χ1v) is 5.77. The van der Waals surface area contributed by atoms with E-state index in [1.165, 1.54) is 6.33 Å². The number of nitrogens with one attached hydrogen (secondary N) is 1. The lowest BCUT2D eigenvalue weighted by molar-refractivity contribution is 0.0379. The van der Waals surface area contributed by atoms with E-state index in [1.54, 1.807) is 0 Å². The maximum absolute atomic E-state index is 9.53. The highest BCUT2D eigenvalue weighted by molar-refractivity contribution is 6.32. The predicted molar refractivity (Wildman–Crippen MR) is 64.9 cm³/mol. The molecular formula is C10H15ClN4O2. The highest BCUT2D eigenvalue weighted by atomic mass is 35.5. The van der Waals surface area contributed by atoms with Gasteiger partial charge in [-0.25, -0.2) is 9.97 Å². The Balaban J connectivity index is 2.20. The number of anilines is 2. The smallest absolute Gasteiger partial charge is 0.157 e. The molecule has 1 saturated heterocycles. The van der Waals surface area contributed by atoms with Gasteiger partial charge in [-0.1, -0.05) is 11.6 Å². The first kappa shape index (κ1) is 12.3. The predicted octanol–water partition coefficient (Wildman–Crippen LogP) is 0.666. The van der Waals surface area contributed by atoms with Gasteiger partial charge in [0.15, 0.2) is 11.0 Å². The first-order chi connectivity index (χ1) is 8.17. The molecule has 4 N–H and O–H groups in total. The van der Waals surface area contributed by atoms with Gasteiger partial charge in [-0.2, -0.15) is 0 Å². The number of nitrogens with two attached hydrogens (primary N) is 1. The lowest BCUT2D eigenvalue weighted by atomic mass is 9.91. The molecule has 1 aromatic heterocycles. The van der Waals surface area contributed by atoms with Crippen LogP contribution in [0.25, 0.3) is 0 Å². The minimum Gasteiger partial charge on any atom is -0.394 e. The van der Waals surface area contributed by atoms with Crippen LogP contribution in [0.2, 0.25) is 5.15 Å². The molecule has 0 bridgehead atoms. The number of ether oxygens (including phenoxy) is 1. The molecule has 0 radical (unpaired) electrons. The van der Waals surface area contributed by atoms with E-state index in [9.17, 15) is 5.11 Å². The minimum absolute atomic E-state index is 0.00256. The summed E-state index contributed by atoms with van der Waals surface area (Å²) in [6.07, 6.45) is 2.74. The average Bonchev–Trinajstić information content (AvgIpc) is 2.36. The highest BCUT2D eigenvalue weighted by Crippen LogP contribution is 2.29. The van der Waals surface area contributed by atoms with E-state index < -0.39 is 5.54 Å². The van der Waals surface area contributed by atoms with Crippen molar-refractivity contribution in [1.29, 1.82) is 0 Å². The number of hydrogen-bond donors (Lipinski definition) is 3. The Labute approximate surface area is 104 Å². The lowest BCUT2D eigenvalue weighted by Gasteiger charge is -2.37. The van der Waals surface area contributed by atoms with Gasteiger partial charge in [0.2, 0.25) is 0 Å². The van der Waals surface area contributed by atoms with Crippen LogP contribution in [-0.2, 0) is 4.74 Å². The molecule has 1 aliphatic heterocycles. The van der Waals surface area contributed by atoms with Crippen molar-refractivity contribution in [1.82, 2.24) is 9.97 Å². The summed E-state index contributed by atoms with van der Waals surface area (Å²) >= 11 is 5.82. The SMILES string of the molecule is Nc1c(Cl)ncnc1NC1(CO)CCOCC1. The maximum Gasteiger partial charge on any atom is 0.157 e. The summed E-state index contributed by atoms with van der Waals surface area (Å²) < 4.78 is 5.28. The third-order valence-corrected chi connectivity index (χ3v) is 3.27. The van der Waals surface area contributed by atoms with E-state index in [1.807, 2.05) is 0 Å². The zero-order valence-corrected chi connectivity index (χ0v) is 10.1. The largest absolute Gasteiger partial charge is 0.394 e. The Morgan fingerprint density at radius 2 is 2.18 bits per heavy atom. The lowest BCUT2D eigenvalue weighted by Crippen LogP contribution is -2.47. The second-order valence-corrected chi connectivity index (χ2v) is 4.46. The number of nitrogens with zero attached hydrogens (tertiary/aromatic N) is 2. The van der Waals surface area contributed by atoms with Crippen molar-refractivity contribution in [2.24, 2.45) is 0 Å². The summed E-state index contributed by atoms with van der Waals surface area (Å²) in [5, 5.41) is 12.9.